The van der Waals surface area contributed by atoms with Gasteiger partial charge in [-0.2, -0.15) is 0 Å². The average molecular weight is 329 g/mol. The van der Waals surface area contributed by atoms with E-state index in [0.717, 1.165) is 22.4 Å². The van der Waals surface area contributed by atoms with Crippen LogP contribution in [0.3, 0.4) is 0 Å². The molecule has 0 radical (unpaired) electrons. The lowest BCUT2D eigenvalue weighted by Gasteiger charge is -2.15. The summed E-state index contributed by atoms with van der Waals surface area (Å²) in [6.45, 7) is 2.12. The Morgan fingerprint density at radius 1 is 1.04 bits per heavy atom. The van der Waals surface area contributed by atoms with Gasteiger partial charge in [0.25, 0.3) is 0 Å². The number of hydrogen-bond donors (Lipinski definition) is 1. The van der Waals surface area contributed by atoms with E-state index in [2.05, 4.69) is 0 Å². The van der Waals surface area contributed by atoms with Gasteiger partial charge in [-0.05, 0) is 53.9 Å². The van der Waals surface area contributed by atoms with Crippen molar-refractivity contribution in [3.05, 3.63) is 48.0 Å². The quantitative estimate of drug-likeness (QED) is 0.789. The van der Waals surface area contributed by atoms with E-state index in [1.54, 1.807) is 21.1 Å². The smallest absolute Gasteiger partial charge is 0.307 e. The molecule has 0 aliphatic carbocycles. The first kappa shape index (κ1) is 17.8. The third kappa shape index (κ3) is 4.49. The second kappa shape index (κ2) is 8.36. The molecule has 0 saturated heterocycles. The highest BCUT2D eigenvalue weighted by Crippen LogP contribution is 2.31. The second-order valence-corrected chi connectivity index (χ2v) is 5.34. The molecule has 5 nitrogen and oxygen atoms in total. The summed E-state index contributed by atoms with van der Waals surface area (Å²) in [6, 6.07) is 13.0. The molecule has 2 aromatic carbocycles. The summed E-state index contributed by atoms with van der Waals surface area (Å²) in [7, 11) is 3.23. The summed E-state index contributed by atoms with van der Waals surface area (Å²) in [4.78, 5) is 11.7. The molecule has 0 aliphatic rings. The molecular formula is C19H23NO4. The largest absolute Gasteiger partial charge is 0.497 e. The first-order chi connectivity index (χ1) is 11.6. The Kier molecular flexibility index (Phi) is 6.21. The first-order valence-electron chi connectivity index (χ1n) is 7.82. The monoisotopic (exact) mass is 329 g/mol. The van der Waals surface area contributed by atoms with Gasteiger partial charge in [0.05, 0.1) is 27.2 Å². The molecule has 5 heteroatoms. The molecule has 2 aromatic rings. The summed E-state index contributed by atoms with van der Waals surface area (Å²) in [5.41, 5.74) is 8.92. The van der Waals surface area contributed by atoms with Gasteiger partial charge in [0.2, 0.25) is 0 Å². The molecule has 0 aliphatic heterocycles. The third-order valence-electron chi connectivity index (χ3n) is 3.69. The molecule has 2 N–H and O–H groups in total. The molecule has 0 bridgehead atoms. The SMILES string of the molecule is CCOC(=O)CC(N)c1cc(OC)cc(-c2cccc(OC)c2)c1. The summed E-state index contributed by atoms with van der Waals surface area (Å²) in [6.07, 6.45) is 0.124. The highest BCUT2D eigenvalue weighted by Gasteiger charge is 2.15. The van der Waals surface area contributed by atoms with Crippen molar-refractivity contribution in [2.24, 2.45) is 5.73 Å². The van der Waals surface area contributed by atoms with E-state index >= 15 is 0 Å². The molecule has 2 rings (SSSR count). The summed E-state index contributed by atoms with van der Waals surface area (Å²) >= 11 is 0. The predicted molar refractivity (Wildman–Crippen MR) is 93.2 cm³/mol. The fourth-order valence-corrected chi connectivity index (χ4v) is 2.44. The van der Waals surface area contributed by atoms with Crippen LogP contribution in [0.1, 0.15) is 24.9 Å². The van der Waals surface area contributed by atoms with Crippen molar-refractivity contribution in [2.75, 3.05) is 20.8 Å². The maximum atomic E-state index is 11.7. The van der Waals surface area contributed by atoms with Crippen molar-refractivity contribution in [1.29, 1.82) is 0 Å². The minimum Gasteiger partial charge on any atom is -0.497 e. The van der Waals surface area contributed by atoms with Gasteiger partial charge in [-0.25, -0.2) is 0 Å². The van der Waals surface area contributed by atoms with E-state index in [4.69, 9.17) is 19.9 Å². The Labute approximate surface area is 142 Å². The lowest BCUT2D eigenvalue weighted by Crippen LogP contribution is -2.17. The zero-order chi connectivity index (χ0) is 17.5. The van der Waals surface area contributed by atoms with E-state index in [0.29, 0.717) is 12.4 Å². The van der Waals surface area contributed by atoms with E-state index in [-0.39, 0.29) is 12.4 Å². The predicted octanol–water partition coefficient (Wildman–Crippen LogP) is 3.32. The lowest BCUT2D eigenvalue weighted by atomic mass is 9.97. The van der Waals surface area contributed by atoms with Crippen molar-refractivity contribution in [2.45, 2.75) is 19.4 Å². The van der Waals surface area contributed by atoms with Crippen LogP contribution in [-0.2, 0) is 9.53 Å². The van der Waals surface area contributed by atoms with Gasteiger partial charge in [0.1, 0.15) is 11.5 Å². The van der Waals surface area contributed by atoms with Crippen LogP contribution in [0.2, 0.25) is 0 Å². The minimum atomic E-state index is -0.455. The van der Waals surface area contributed by atoms with Crippen molar-refractivity contribution < 1.29 is 19.0 Å². The fourth-order valence-electron chi connectivity index (χ4n) is 2.44. The Bertz CT molecular complexity index is 700. The number of rotatable bonds is 7. The van der Waals surface area contributed by atoms with Crippen LogP contribution >= 0.6 is 0 Å². The first-order valence-corrected chi connectivity index (χ1v) is 7.82. The molecule has 0 saturated carbocycles. The van der Waals surface area contributed by atoms with Gasteiger partial charge in [0, 0.05) is 6.04 Å². The lowest BCUT2D eigenvalue weighted by molar-refractivity contribution is -0.143. The molecule has 0 heterocycles. The van der Waals surface area contributed by atoms with E-state index in [1.165, 1.54) is 0 Å². The Hall–Kier alpha value is -2.53. The van der Waals surface area contributed by atoms with Crippen molar-refractivity contribution >= 4 is 5.97 Å². The third-order valence-corrected chi connectivity index (χ3v) is 3.69. The molecule has 0 aromatic heterocycles. The summed E-state index contributed by atoms with van der Waals surface area (Å²) < 4.78 is 15.6. The van der Waals surface area contributed by atoms with Crippen LogP contribution in [0.5, 0.6) is 11.5 Å². The maximum Gasteiger partial charge on any atom is 0.307 e. The Morgan fingerprint density at radius 2 is 1.75 bits per heavy atom. The number of methoxy groups -OCH3 is 2. The van der Waals surface area contributed by atoms with Crippen LogP contribution in [0.4, 0.5) is 0 Å². The average Bonchev–Trinajstić information content (AvgIpc) is 2.61. The molecule has 128 valence electrons. The van der Waals surface area contributed by atoms with Crippen molar-refractivity contribution in [3.63, 3.8) is 0 Å². The fraction of sp³-hybridized carbons (Fsp3) is 0.316. The molecule has 0 fully saturated rings. The second-order valence-electron chi connectivity index (χ2n) is 5.34. The number of esters is 1. The normalized spacial score (nSPS) is 11.7. The maximum absolute atomic E-state index is 11.7. The van der Waals surface area contributed by atoms with Gasteiger partial charge >= 0.3 is 5.97 Å². The zero-order valence-corrected chi connectivity index (χ0v) is 14.2. The van der Waals surface area contributed by atoms with Crippen molar-refractivity contribution in [1.82, 2.24) is 0 Å². The summed E-state index contributed by atoms with van der Waals surface area (Å²) in [5.74, 6) is 1.15. The highest BCUT2D eigenvalue weighted by molar-refractivity contribution is 5.71. The number of nitrogens with two attached hydrogens (primary N) is 1. The topological polar surface area (TPSA) is 70.8 Å². The van der Waals surface area contributed by atoms with Crippen LogP contribution in [-0.4, -0.2) is 26.8 Å². The van der Waals surface area contributed by atoms with Crippen molar-refractivity contribution in [3.8, 4) is 22.6 Å². The van der Waals surface area contributed by atoms with Gasteiger partial charge in [-0.15, -0.1) is 0 Å². The van der Waals surface area contributed by atoms with Crippen LogP contribution in [0.25, 0.3) is 11.1 Å². The van der Waals surface area contributed by atoms with Gasteiger partial charge in [-0.1, -0.05) is 12.1 Å². The highest BCUT2D eigenvalue weighted by atomic mass is 16.5. The molecule has 24 heavy (non-hydrogen) atoms. The van der Waals surface area contributed by atoms with Crippen LogP contribution in [0, 0.1) is 0 Å². The molecule has 0 spiro atoms. The molecular weight excluding hydrogens is 306 g/mol. The molecule has 0 amide bonds. The number of carbonyl (C=O) groups excluding carboxylic acids is 1. The number of hydrogen-bond acceptors (Lipinski definition) is 5. The van der Waals surface area contributed by atoms with Gasteiger partial charge in [-0.3, -0.25) is 4.79 Å². The van der Waals surface area contributed by atoms with E-state index in [9.17, 15) is 4.79 Å². The number of ether oxygens (including phenoxy) is 3. The minimum absolute atomic E-state index is 0.124. The standard InChI is InChI=1S/C19H23NO4/c1-4-24-19(21)12-18(20)15-8-14(10-17(11-15)23-3)13-6-5-7-16(9-13)22-2/h5-11,18H,4,12,20H2,1-3H3. The van der Waals surface area contributed by atoms with Gasteiger partial charge < -0.3 is 19.9 Å². The molecule has 1 atom stereocenters. The van der Waals surface area contributed by atoms with Crippen LogP contribution < -0.4 is 15.2 Å². The van der Waals surface area contributed by atoms with E-state index < -0.39 is 6.04 Å². The number of benzene rings is 2. The Morgan fingerprint density at radius 3 is 2.42 bits per heavy atom. The zero-order valence-electron chi connectivity index (χ0n) is 14.2. The van der Waals surface area contributed by atoms with Crippen LogP contribution in [0.15, 0.2) is 42.5 Å². The summed E-state index contributed by atoms with van der Waals surface area (Å²) in [5, 5.41) is 0. The Balaban J connectivity index is 2.34. The van der Waals surface area contributed by atoms with Gasteiger partial charge in [0.15, 0.2) is 0 Å². The number of carbonyl (C=O) groups is 1. The molecule has 1 unspecified atom stereocenters. The van der Waals surface area contributed by atoms with E-state index in [1.807, 2.05) is 42.5 Å².